The Morgan fingerprint density at radius 2 is 1.93 bits per heavy atom. The largest absolute Gasteiger partial charge is 0.451 e. The van der Waals surface area contributed by atoms with E-state index in [1.54, 1.807) is 31.3 Å². The summed E-state index contributed by atoms with van der Waals surface area (Å²) in [5.74, 6) is -2.84. The maximum atomic E-state index is 14.0. The van der Waals surface area contributed by atoms with Crippen LogP contribution in [0.25, 0.3) is 5.65 Å². The highest BCUT2D eigenvalue weighted by molar-refractivity contribution is 6.04. The molecule has 3 rings (SSSR count). The zero-order chi connectivity index (χ0) is 19.8. The molecule has 3 aromatic rings. The third-order valence-corrected chi connectivity index (χ3v) is 3.71. The van der Waals surface area contributed by atoms with Gasteiger partial charge in [-0.3, -0.25) is 5.41 Å². The lowest BCUT2D eigenvalue weighted by atomic mass is 10.1. The van der Waals surface area contributed by atoms with Crippen LogP contribution in [0.4, 0.5) is 17.6 Å². The van der Waals surface area contributed by atoms with E-state index in [0.29, 0.717) is 22.6 Å². The molecule has 0 bridgehead atoms. The lowest BCUT2D eigenvalue weighted by Crippen LogP contribution is -2.25. The third-order valence-electron chi connectivity index (χ3n) is 3.71. The molecule has 2 heterocycles. The Hall–Kier alpha value is -3.30. The van der Waals surface area contributed by atoms with E-state index in [4.69, 9.17) is 11.1 Å². The Bertz CT molecular complexity index is 1050. The number of nitrogens with two attached hydrogens (primary N) is 1. The Morgan fingerprint density at radius 3 is 2.59 bits per heavy atom. The second-order valence-electron chi connectivity index (χ2n) is 5.80. The van der Waals surface area contributed by atoms with Gasteiger partial charge in [0.25, 0.3) is 0 Å². The molecule has 0 spiro atoms. The molecule has 6 nitrogen and oxygen atoms in total. The first-order valence-electron chi connectivity index (χ1n) is 7.74. The van der Waals surface area contributed by atoms with Crippen molar-refractivity contribution >= 4 is 17.3 Å². The number of fused-ring (bicyclic) bond motifs is 1. The van der Waals surface area contributed by atoms with Crippen LogP contribution >= 0.6 is 0 Å². The van der Waals surface area contributed by atoms with Gasteiger partial charge in [-0.1, -0.05) is 18.2 Å². The molecule has 3 N–H and O–H groups in total. The number of imidazole rings is 1. The van der Waals surface area contributed by atoms with Gasteiger partial charge in [0.2, 0.25) is 5.84 Å². The minimum absolute atomic E-state index is 0.0600. The fourth-order valence-corrected chi connectivity index (χ4v) is 2.49. The van der Waals surface area contributed by atoms with Crippen molar-refractivity contribution in [2.75, 3.05) is 0 Å². The predicted octanol–water partition coefficient (Wildman–Crippen LogP) is 3.01. The summed E-state index contributed by atoms with van der Waals surface area (Å²) in [6.45, 7) is 1.73. The van der Waals surface area contributed by atoms with Crippen molar-refractivity contribution in [2.24, 2.45) is 10.7 Å². The number of alkyl halides is 3. The second kappa shape index (κ2) is 6.78. The van der Waals surface area contributed by atoms with Crippen LogP contribution in [0.2, 0.25) is 0 Å². The average Bonchev–Trinajstić information content (AvgIpc) is 2.96. The van der Waals surface area contributed by atoms with Gasteiger partial charge in [-0.15, -0.1) is 0 Å². The number of aryl methyl sites for hydroxylation is 1. The number of nitrogens with zero attached hydrogens (tertiary/aromatic N) is 4. The summed E-state index contributed by atoms with van der Waals surface area (Å²) in [5, 5.41) is 6.96. The first kappa shape index (κ1) is 18.5. The summed E-state index contributed by atoms with van der Waals surface area (Å²) >= 11 is 0. The average molecular weight is 378 g/mol. The summed E-state index contributed by atoms with van der Waals surface area (Å²) in [6.07, 6.45) is -1.86. The van der Waals surface area contributed by atoms with Crippen LogP contribution in [0, 0.1) is 18.2 Å². The second-order valence-corrected chi connectivity index (χ2v) is 5.80. The van der Waals surface area contributed by atoms with Gasteiger partial charge < -0.3 is 10.1 Å². The predicted molar refractivity (Wildman–Crippen MR) is 91.4 cm³/mol. The molecule has 0 amide bonds. The molecule has 0 saturated carbocycles. The van der Waals surface area contributed by atoms with Crippen LogP contribution in [0.1, 0.15) is 22.6 Å². The van der Waals surface area contributed by atoms with Gasteiger partial charge in [-0.2, -0.15) is 13.2 Å². The lowest BCUT2D eigenvalue weighted by Gasteiger charge is -2.09. The van der Waals surface area contributed by atoms with E-state index in [1.807, 2.05) is 0 Å². The zero-order valence-electron chi connectivity index (χ0n) is 14.0. The highest BCUT2D eigenvalue weighted by Gasteiger charge is 2.35. The first-order chi connectivity index (χ1) is 12.6. The van der Waals surface area contributed by atoms with E-state index < -0.39 is 23.7 Å². The molecule has 140 valence electrons. The number of rotatable bonds is 3. The van der Waals surface area contributed by atoms with Crippen LogP contribution in [0.5, 0.6) is 0 Å². The van der Waals surface area contributed by atoms with Crippen LogP contribution in [0.3, 0.4) is 0 Å². The molecule has 0 aliphatic carbocycles. The fraction of sp³-hybridized carbons (Fsp3) is 0.176. The number of nitrogens with one attached hydrogen (secondary N) is 1. The molecular weight excluding hydrogens is 364 g/mol. The normalized spacial score (nSPS) is 12.6. The Morgan fingerprint density at radius 1 is 1.22 bits per heavy atom. The summed E-state index contributed by atoms with van der Waals surface area (Å²) < 4.78 is 53.1. The van der Waals surface area contributed by atoms with Crippen LogP contribution in [0.15, 0.2) is 41.7 Å². The van der Waals surface area contributed by atoms with Crippen molar-refractivity contribution in [3.8, 4) is 0 Å². The number of hydrogen-bond acceptors (Lipinski definition) is 3. The SMILES string of the molecule is Cc1cn2cc(/C(N)=N/C(=N)C(F)(F)F)nc(Cc3ccccc3F)c2n1. The van der Waals surface area contributed by atoms with Gasteiger partial charge in [0.05, 0.1) is 11.4 Å². The van der Waals surface area contributed by atoms with Gasteiger partial charge in [-0.25, -0.2) is 19.4 Å². The smallest absolute Gasteiger partial charge is 0.382 e. The van der Waals surface area contributed by atoms with E-state index in [0.717, 1.165) is 0 Å². The van der Waals surface area contributed by atoms with E-state index in [2.05, 4.69) is 15.0 Å². The van der Waals surface area contributed by atoms with Crippen molar-refractivity contribution in [3.63, 3.8) is 0 Å². The third kappa shape index (κ3) is 3.94. The standard InChI is InChI=1S/C17H14F4N6/c1-9-7-27-8-13(14(22)26-16(23)17(19,20)21)25-12(15(27)24-9)6-10-4-2-3-5-11(10)18/h2-5,7-8H,6H2,1H3,(H3,22,23,26). The molecular formula is C17H14F4N6. The molecule has 10 heteroatoms. The topological polar surface area (TPSA) is 92.4 Å². The summed E-state index contributed by atoms with van der Waals surface area (Å²) in [6, 6.07) is 6.09. The number of hydrogen-bond donors (Lipinski definition) is 2. The Kier molecular flexibility index (Phi) is 4.64. The van der Waals surface area contributed by atoms with Crippen molar-refractivity contribution in [1.29, 1.82) is 5.41 Å². The van der Waals surface area contributed by atoms with E-state index >= 15 is 0 Å². The van der Waals surface area contributed by atoms with Crippen LogP contribution < -0.4 is 5.73 Å². The van der Waals surface area contributed by atoms with Crippen molar-refractivity contribution < 1.29 is 17.6 Å². The van der Waals surface area contributed by atoms with Crippen molar-refractivity contribution in [1.82, 2.24) is 14.4 Å². The molecule has 0 aliphatic rings. The minimum atomic E-state index is -4.92. The van der Waals surface area contributed by atoms with Gasteiger partial charge >= 0.3 is 6.18 Å². The molecule has 2 aromatic heterocycles. The number of benzene rings is 1. The van der Waals surface area contributed by atoms with E-state index in [1.165, 1.54) is 16.7 Å². The maximum Gasteiger partial charge on any atom is 0.451 e. The molecule has 0 saturated heterocycles. The lowest BCUT2D eigenvalue weighted by molar-refractivity contribution is -0.0604. The molecule has 1 aromatic carbocycles. The Balaban J connectivity index is 2.09. The summed E-state index contributed by atoms with van der Waals surface area (Å²) in [4.78, 5) is 11.6. The molecule has 27 heavy (non-hydrogen) atoms. The van der Waals surface area contributed by atoms with E-state index in [-0.39, 0.29) is 12.1 Å². The highest BCUT2D eigenvalue weighted by Crippen LogP contribution is 2.19. The first-order valence-corrected chi connectivity index (χ1v) is 7.74. The molecule has 0 unspecified atom stereocenters. The van der Waals surface area contributed by atoms with Gasteiger partial charge in [-0.05, 0) is 18.6 Å². The number of aliphatic imine (C=N–C) groups is 1. The minimum Gasteiger partial charge on any atom is -0.382 e. The summed E-state index contributed by atoms with van der Waals surface area (Å²) in [5.41, 5.74) is 7.29. The van der Waals surface area contributed by atoms with Gasteiger partial charge in [0.1, 0.15) is 11.5 Å². The van der Waals surface area contributed by atoms with Crippen molar-refractivity contribution in [2.45, 2.75) is 19.5 Å². The quantitative estimate of drug-likeness (QED) is 0.417. The van der Waals surface area contributed by atoms with Gasteiger partial charge in [0, 0.05) is 18.8 Å². The van der Waals surface area contributed by atoms with Crippen LogP contribution in [-0.4, -0.2) is 32.2 Å². The van der Waals surface area contributed by atoms with E-state index in [9.17, 15) is 17.6 Å². The Labute approximate surface area is 150 Å². The monoisotopic (exact) mass is 378 g/mol. The highest BCUT2D eigenvalue weighted by atomic mass is 19.4. The molecule has 0 atom stereocenters. The zero-order valence-corrected chi connectivity index (χ0v) is 14.0. The maximum absolute atomic E-state index is 14.0. The molecule has 0 aliphatic heterocycles. The van der Waals surface area contributed by atoms with Gasteiger partial charge in [0.15, 0.2) is 11.5 Å². The van der Waals surface area contributed by atoms with Crippen molar-refractivity contribution in [3.05, 3.63) is 65.1 Å². The number of amidine groups is 2. The number of aromatic nitrogens is 3. The van der Waals surface area contributed by atoms with Crippen LogP contribution in [-0.2, 0) is 6.42 Å². The fourth-order valence-electron chi connectivity index (χ4n) is 2.49. The molecule has 0 fully saturated rings. The number of halogens is 4. The molecule has 0 radical (unpaired) electrons. The summed E-state index contributed by atoms with van der Waals surface area (Å²) in [7, 11) is 0.